The summed E-state index contributed by atoms with van der Waals surface area (Å²) in [7, 11) is 1.59. The van der Waals surface area contributed by atoms with Crippen molar-refractivity contribution >= 4 is 17.6 Å². The second-order valence-corrected chi connectivity index (χ2v) is 9.70. The SMILES string of the molecule is COc1cc(C=Nc2ccc([C@@H]3Nc4ccccc4[C@H]4C=CC[C@H]43)cc2)ccc1OCc1ccccc1F. The minimum Gasteiger partial charge on any atom is -0.493 e. The number of nitrogens with one attached hydrogen (secondary N) is 1. The Bertz CT molecular complexity index is 1500. The molecule has 38 heavy (non-hydrogen) atoms. The Kier molecular flexibility index (Phi) is 6.65. The van der Waals surface area contributed by atoms with E-state index in [0.29, 0.717) is 28.9 Å². The quantitative estimate of drug-likeness (QED) is 0.205. The number of hydrogen-bond donors (Lipinski definition) is 1. The van der Waals surface area contributed by atoms with E-state index < -0.39 is 0 Å². The third-order valence-corrected chi connectivity index (χ3v) is 7.42. The van der Waals surface area contributed by atoms with Crippen molar-refractivity contribution in [2.24, 2.45) is 10.9 Å². The van der Waals surface area contributed by atoms with Crippen molar-refractivity contribution in [3.8, 4) is 11.5 Å². The van der Waals surface area contributed by atoms with Gasteiger partial charge in [-0.05, 0) is 71.5 Å². The molecule has 6 rings (SSSR count). The number of anilines is 1. The Morgan fingerprint density at radius 1 is 0.947 bits per heavy atom. The van der Waals surface area contributed by atoms with Gasteiger partial charge in [-0.15, -0.1) is 0 Å². The Morgan fingerprint density at radius 2 is 1.76 bits per heavy atom. The summed E-state index contributed by atoms with van der Waals surface area (Å²) in [6.45, 7) is 0.127. The smallest absolute Gasteiger partial charge is 0.161 e. The van der Waals surface area contributed by atoms with Gasteiger partial charge in [0.05, 0.1) is 18.8 Å². The topological polar surface area (TPSA) is 42.8 Å². The zero-order valence-corrected chi connectivity index (χ0v) is 21.2. The van der Waals surface area contributed by atoms with E-state index in [4.69, 9.17) is 9.47 Å². The van der Waals surface area contributed by atoms with Gasteiger partial charge in [0.15, 0.2) is 11.5 Å². The Hall–Kier alpha value is -4.38. The van der Waals surface area contributed by atoms with Crippen LogP contribution in [-0.2, 0) is 6.61 Å². The van der Waals surface area contributed by atoms with Gasteiger partial charge in [0.1, 0.15) is 12.4 Å². The lowest BCUT2D eigenvalue weighted by Gasteiger charge is -2.37. The first-order valence-corrected chi connectivity index (χ1v) is 12.9. The molecule has 4 aromatic rings. The zero-order valence-electron chi connectivity index (χ0n) is 21.2. The van der Waals surface area contributed by atoms with Crippen LogP contribution in [-0.4, -0.2) is 13.3 Å². The second-order valence-electron chi connectivity index (χ2n) is 9.70. The molecule has 0 saturated heterocycles. The molecular weight excluding hydrogens is 475 g/mol. The van der Waals surface area contributed by atoms with Gasteiger partial charge in [-0.3, -0.25) is 4.99 Å². The maximum atomic E-state index is 13.9. The van der Waals surface area contributed by atoms with Crippen LogP contribution in [0.3, 0.4) is 0 Å². The number of methoxy groups -OCH3 is 1. The normalized spacial score (nSPS) is 19.6. The van der Waals surface area contributed by atoms with Crippen LogP contribution in [0.2, 0.25) is 0 Å². The molecule has 1 aliphatic heterocycles. The second kappa shape index (κ2) is 10.5. The average Bonchev–Trinajstić information content (AvgIpc) is 3.46. The molecule has 4 aromatic carbocycles. The molecule has 3 atom stereocenters. The number of rotatable bonds is 7. The highest BCUT2D eigenvalue weighted by Crippen LogP contribution is 2.49. The maximum absolute atomic E-state index is 13.9. The van der Waals surface area contributed by atoms with E-state index in [2.05, 4.69) is 71.0 Å². The summed E-state index contributed by atoms with van der Waals surface area (Å²) in [6, 6.07) is 29.6. The van der Waals surface area contributed by atoms with E-state index in [9.17, 15) is 4.39 Å². The molecule has 1 aliphatic carbocycles. The summed E-state index contributed by atoms with van der Waals surface area (Å²) in [6.07, 6.45) is 7.57. The molecule has 0 fully saturated rings. The molecule has 2 aliphatic rings. The lowest BCUT2D eigenvalue weighted by atomic mass is 9.77. The van der Waals surface area contributed by atoms with Crippen molar-refractivity contribution in [1.82, 2.24) is 0 Å². The van der Waals surface area contributed by atoms with Gasteiger partial charge in [-0.2, -0.15) is 0 Å². The minimum absolute atomic E-state index is 0.127. The number of fused-ring (bicyclic) bond motifs is 3. The summed E-state index contributed by atoms with van der Waals surface area (Å²) < 4.78 is 25.2. The number of para-hydroxylation sites is 1. The highest BCUT2D eigenvalue weighted by molar-refractivity contribution is 5.83. The van der Waals surface area contributed by atoms with Crippen molar-refractivity contribution in [1.29, 1.82) is 0 Å². The van der Waals surface area contributed by atoms with Gasteiger partial charge in [-0.1, -0.05) is 60.7 Å². The first-order chi connectivity index (χ1) is 18.7. The first-order valence-electron chi connectivity index (χ1n) is 12.9. The summed E-state index contributed by atoms with van der Waals surface area (Å²) in [5, 5.41) is 3.78. The van der Waals surface area contributed by atoms with Crippen molar-refractivity contribution in [2.75, 3.05) is 12.4 Å². The van der Waals surface area contributed by atoms with E-state index in [0.717, 1.165) is 17.7 Å². The Balaban J connectivity index is 1.15. The lowest BCUT2D eigenvalue weighted by molar-refractivity contribution is 0.279. The Morgan fingerprint density at radius 3 is 2.61 bits per heavy atom. The molecule has 1 heterocycles. The standard InChI is InChI=1S/C33H29FN2O2/c1-37-32-19-22(13-18-31(32)38-21-24-7-2-4-11-29(24)34)20-35-25-16-14-23(15-17-25)33-28-10-6-9-26(28)27-8-3-5-12-30(27)36-33/h2-9,11-20,26,28,33,36H,10,21H2,1H3/t26-,28-,33+/m1/s1. The fourth-order valence-corrected chi connectivity index (χ4v) is 5.45. The molecule has 4 nitrogen and oxygen atoms in total. The number of halogens is 1. The zero-order chi connectivity index (χ0) is 25.9. The first kappa shape index (κ1) is 24.0. The molecule has 0 bridgehead atoms. The van der Waals surface area contributed by atoms with Crippen molar-refractivity contribution in [3.63, 3.8) is 0 Å². The van der Waals surface area contributed by atoms with Gasteiger partial charge < -0.3 is 14.8 Å². The van der Waals surface area contributed by atoms with Crippen LogP contribution in [0.4, 0.5) is 15.8 Å². The molecule has 0 unspecified atom stereocenters. The molecule has 190 valence electrons. The van der Waals surface area contributed by atoms with Crippen LogP contribution in [0.25, 0.3) is 0 Å². The van der Waals surface area contributed by atoms with Crippen molar-refractivity contribution in [2.45, 2.75) is 25.0 Å². The number of benzene rings is 4. The summed E-state index contributed by atoms with van der Waals surface area (Å²) in [5.41, 5.74) is 6.15. The van der Waals surface area contributed by atoms with Gasteiger partial charge in [0.25, 0.3) is 0 Å². The van der Waals surface area contributed by atoms with Crippen LogP contribution in [0, 0.1) is 11.7 Å². The summed E-state index contributed by atoms with van der Waals surface area (Å²) >= 11 is 0. The van der Waals surface area contributed by atoms with Crippen LogP contribution in [0.15, 0.2) is 108 Å². The van der Waals surface area contributed by atoms with Crippen molar-refractivity contribution < 1.29 is 13.9 Å². The van der Waals surface area contributed by atoms with E-state index in [-0.39, 0.29) is 18.5 Å². The summed E-state index contributed by atoms with van der Waals surface area (Å²) in [4.78, 5) is 4.67. The average molecular weight is 505 g/mol. The number of aliphatic imine (C=N–C) groups is 1. The van der Waals surface area contributed by atoms with E-state index in [1.807, 2.05) is 24.4 Å². The Labute approximate surface area is 222 Å². The maximum Gasteiger partial charge on any atom is 0.161 e. The molecule has 1 N–H and O–H groups in total. The van der Waals surface area contributed by atoms with Crippen molar-refractivity contribution in [3.05, 3.63) is 131 Å². The van der Waals surface area contributed by atoms with Gasteiger partial charge >= 0.3 is 0 Å². The number of nitrogens with zero attached hydrogens (tertiary/aromatic N) is 1. The predicted molar refractivity (Wildman–Crippen MR) is 150 cm³/mol. The molecular formula is C33H29FN2O2. The van der Waals surface area contributed by atoms with Gasteiger partial charge in [0.2, 0.25) is 0 Å². The van der Waals surface area contributed by atoms with Crippen LogP contribution in [0.5, 0.6) is 11.5 Å². The minimum atomic E-state index is -0.287. The van der Waals surface area contributed by atoms with Crippen LogP contribution >= 0.6 is 0 Å². The summed E-state index contributed by atoms with van der Waals surface area (Å²) in [5.74, 6) is 1.82. The van der Waals surface area contributed by atoms with Gasteiger partial charge in [-0.25, -0.2) is 4.39 Å². The molecule has 0 spiro atoms. The van der Waals surface area contributed by atoms with E-state index in [1.54, 1.807) is 25.3 Å². The third kappa shape index (κ3) is 4.80. The van der Waals surface area contributed by atoms with E-state index >= 15 is 0 Å². The number of ether oxygens (including phenoxy) is 2. The molecule has 5 heteroatoms. The molecule has 0 amide bonds. The fraction of sp³-hybridized carbons (Fsp3) is 0.182. The number of allylic oxidation sites excluding steroid dienone is 2. The lowest BCUT2D eigenvalue weighted by Crippen LogP contribution is -2.28. The van der Waals surface area contributed by atoms with Crippen LogP contribution in [0.1, 0.15) is 40.6 Å². The molecule has 0 radical (unpaired) electrons. The largest absolute Gasteiger partial charge is 0.493 e. The predicted octanol–water partition coefficient (Wildman–Crippen LogP) is 7.99. The molecule has 0 saturated carbocycles. The number of hydrogen-bond acceptors (Lipinski definition) is 4. The van der Waals surface area contributed by atoms with Crippen LogP contribution < -0.4 is 14.8 Å². The third-order valence-electron chi connectivity index (χ3n) is 7.42. The fourth-order valence-electron chi connectivity index (χ4n) is 5.45. The van der Waals surface area contributed by atoms with E-state index in [1.165, 1.54) is 22.9 Å². The highest BCUT2D eigenvalue weighted by Gasteiger charge is 2.37. The van der Waals surface area contributed by atoms with Gasteiger partial charge in [0, 0.05) is 23.4 Å². The highest BCUT2D eigenvalue weighted by atomic mass is 19.1. The molecule has 0 aromatic heterocycles. The monoisotopic (exact) mass is 504 g/mol.